The molecule has 110 valence electrons. The molecule has 2 heterocycles. The van der Waals surface area contributed by atoms with Crippen LogP contribution in [0.2, 0.25) is 0 Å². The third kappa shape index (κ3) is 3.34. The molecule has 1 aliphatic heterocycles. The monoisotopic (exact) mass is 297 g/mol. The van der Waals surface area contributed by atoms with Crippen LogP contribution < -0.4 is 0 Å². The number of sulfonamides is 1. The van der Waals surface area contributed by atoms with Gasteiger partial charge in [-0.25, -0.2) is 12.7 Å². The van der Waals surface area contributed by atoms with Crippen LogP contribution in [0.3, 0.4) is 0 Å². The summed E-state index contributed by atoms with van der Waals surface area (Å²) in [6.45, 7) is 1.11. The van der Waals surface area contributed by atoms with Gasteiger partial charge in [-0.15, -0.1) is 0 Å². The van der Waals surface area contributed by atoms with Crippen molar-refractivity contribution in [2.75, 3.05) is 26.4 Å². The van der Waals surface area contributed by atoms with Gasteiger partial charge in [0.25, 0.3) is 5.91 Å². The second-order valence-electron chi connectivity index (χ2n) is 5.02. The lowest BCUT2D eigenvalue weighted by Crippen LogP contribution is -2.47. The largest absolute Gasteiger partial charge is 0.337 e. The molecule has 0 aromatic carbocycles. The molecule has 1 saturated heterocycles. The number of nitrogens with zero attached hydrogens (tertiary/aromatic N) is 3. The highest BCUT2D eigenvalue weighted by molar-refractivity contribution is 7.88. The Morgan fingerprint density at radius 2 is 2.00 bits per heavy atom. The minimum Gasteiger partial charge on any atom is -0.337 e. The fraction of sp³-hybridized carbons (Fsp3) is 0.538. The van der Waals surface area contributed by atoms with Gasteiger partial charge in [0.1, 0.15) is 5.69 Å². The fourth-order valence-corrected chi connectivity index (χ4v) is 3.11. The number of likely N-dealkylation sites (tertiary alicyclic amines) is 1. The number of carbonyl (C=O) groups excluding carboxylic acids is 1. The molecular weight excluding hydrogens is 278 g/mol. The van der Waals surface area contributed by atoms with Gasteiger partial charge in [-0.3, -0.25) is 9.78 Å². The molecule has 1 amide bonds. The molecule has 0 unspecified atom stereocenters. The lowest BCUT2D eigenvalue weighted by Gasteiger charge is -2.35. The minimum absolute atomic E-state index is 0.0298. The zero-order valence-electron chi connectivity index (χ0n) is 11.7. The molecule has 0 radical (unpaired) electrons. The molecule has 7 heteroatoms. The van der Waals surface area contributed by atoms with E-state index in [1.54, 1.807) is 36.3 Å². The van der Waals surface area contributed by atoms with E-state index in [9.17, 15) is 13.2 Å². The third-order valence-corrected chi connectivity index (χ3v) is 5.02. The van der Waals surface area contributed by atoms with Crippen LogP contribution in [-0.2, 0) is 10.0 Å². The average Bonchev–Trinajstić information content (AvgIpc) is 2.46. The van der Waals surface area contributed by atoms with Gasteiger partial charge < -0.3 is 4.90 Å². The van der Waals surface area contributed by atoms with Gasteiger partial charge in [0, 0.05) is 32.4 Å². The summed E-state index contributed by atoms with van der Waals surface area (Å²) < 4.78 is 24.4. The maximum atomic E-state index is 12.2. The highest BCUT2D eigenvalue weighted by Gasteiger charge is 2.29. The fourth-order valence-electron chi connectivity index (χ4n) is 2.35. The van der Waals surface area contributed by atoms with E-state index in [1.807, 2.05) is 0 Å². The van der Waals surface area contributed by atoms with E-state index < -0.39 is 10.0 Å². The Balaban J connectivity index is 1.97. The summed E-state index contributed by atoms with van der Waals surface area (Å²) in [5.74, 6) is -0.0916. The highest BCUT2D eigenvalue weighted by atomic mass is 32.2. The number of amides is 1. The molecule has 0 bridgehead atoms. The van der Waals surface area contributed by atoms with Crippen molar-refractivity contribution in [2.24, 2.45) is 0 Å². The van der Waals surface area contributed by atoms with Gasteiger partial charge in [-0.05, 0) is 25.0 Å². The van der Waals surface area contributed by atoms with E-state index in [0.717, 1.165) is 0 Å². The van der Waals surface area contributed by atoms with Gasteiger partial charge in [0.05, 0.1) is 6.26 Å². The summed E-state index contributed by atoms with van der Waals surface area (Å²) in [6.07, 6.45) is 4.11. The van der Waals surface area contributed by atoms with Gasteiger partial charge in [0.2, 0.25) is 10.0 Å². The number of aromatic nitrogens is 1. The quantitative estimate of drug-likeness (QED) is 0.818. The van der Waals surface area contributed by atoms with Gasteiger partial charge in [0.15, 0.2) is 0 Å². The van der Waals surface area contributed by atoms with Gasteiger partial charge in [-0.1, -0.05) is 6.07 Å². The Bertz CT molecular complexity index is 566. The van der Waals surface area contributed by atoms with Crippen LogP contribution >= 0.6 is 0 Å². The van der Waals surface area contributed by atoms with Crippen LogP contribution in [0.25, 0.3) is 0 Å². The van der Waals surface area contributed by atoms with E-state index in [4.69, 9.17) is 0 Å². The SMILES string of the molecule is CN(C1CCN(C(=O)c2ccccn2)CC1)S(C)(=O)=O. The standard InChI is InChI=1S/C13H19N3O3S/c1-15(20(2,18)19)11-6-9-16(10-7-11)13(17)12-5-3-4-8-14-12/h3-5,8,11H,6-7,9-10H2,1-2H3. The lowest BCUT2D eigenvalue weighted by atomic mass is 10.0. The highest BCUT2D eigenvalue weighted by Crippen LogP contribution is 2.18. The van der Waals surface area contributed by atoms with Crippen molar-refractivity contribution in [3.63, 3.8) is 0 Å². The van der Waals surface area contributed by atoms with Crippen molar-refractivity contribution in [1.29, 1.82) is 0 Å². The van der Waals surface area contributed by atoms with E-state index >= 15 is 0 Å². The molecule has 0 atom stereocenters. The van der Waals surface area contributed by atoms with E-state index in [1.165, 1.54) is 10.6 Å². The zero-order chi connectivity index (χ0) is 14.8. The Morgan fingerprint density at radius 1 is 1.35 bits per heavy atom. The molecule has 2 rings (SSSR count). The van der Waals surface area contributed by atoms with Crippen LogP contribution in [0.15, 0.2) is 24.4 Å². The molecule has 1 aliphatic rings. The molecule has 20 heavy (non-hydrogen) atoms. The summed E-state index contributed by atoms with van der Waals surface area (Å²) in [6, 6.07) is 5.21. The molecule has 1 fully saturated rings. The molecule has 0 spiro atoms. The summed E-state index contributed by atoms with van der Waals surface area (Å²) in [5, 5.41) is 0. The molecule has 6 nitrogen and oxygen atoms in total. The first-order valence-electron chi connectivity index (χ1n) is 6.53. The van der Waals surface area contributed by atoms with Crippen LogP contribution in [0.4, 0.5) is 0 Å². The first kappa shape index (κ1) is 14.9. The van der Waals surface area contributed by atoms with Crippen LogP contribution in [0.1, 0.15) is 23.3 Å². The Hall–Kier alpha value is -1.47. The number of carbonyl (C=O) groups is 1. The minimum atomic E-state index is -3.17. The topological polar surface area (TPSA) is 70.6 Å². The van der Waals surface area contributed by atoms with Crippen LogP contribution in [-0.4, -0.2) is 60.9 Å². The molecule has 0 N–H and O–H groups in total. The van der Waals surface area contributed by atoms with Crippen molar-refractivity contribution in [1.82, 2.24) is 14.2 Å². The number of rotatable bonds is 3. The zero-order valence-corrected chi connectivity index (χ0v) is 12.5. The van der Waals surface area contributed by atoms with Gasteiger partial charge >= 0.3 is 0 Å². The molecule has 0 saturated carbocycles. The maximum absolute atomic E-state index is 12.2. The number of hydrogen-bond donors (Lipinski definition) is 0. The summed E-state index contributed by atoms with van der Waals surface area (Å²) in [5.41, 5.74) is 0.433. The Kier molecular flexibility index (Phi) is 4.39. The van der Waals surface area contributed by atoms with Crippen molar-refractivity contribution in [2.45, 2.75) is 18.9 Å². The second kappa shape index (κ2) is 5.88. The molecule has 1 aromatic rings. The van der Waals surface area contributed by atoms with Crippen LogP contribution in [0, 0.1) is 0 Å². The van der Waals surface area contributed by atoms with Crippen molar-refractivity contribution < 1.29 is 13.2 Å². The lowest BCUT2D eigenvalue weighted by molar-refractivity contribution is 0.0680. The van der Waals surface area contributed by atoms with Crippen molar-refractivity contribution >= 4 is 15.9 Å². The Morgan fingerprint density at radius 3 is 2.50 bits per heavy atom. The summed E-state index contributed by atoms with van der Waals surface area (Å²) in [4.78, 5) is 18.0. The number of hydrogen-bond acceptors (Lipinski definition) is 4. The predicted octanol–water partition coefficient (Wildman–Crippen LogP) is 0.578. The number of pyridine rings is 1. The predicted molar refractivity (Wildman–Crippen MR) is 75.8 cm³/mol. The molecular formula is C13H19N3O3S. The summed E-state index contributed by atoms with van der Waals surface area (Å²) in [7, 11) is -1.58. The normalized spacial score (nSPS) is 17.4. The number of piperidine rings is 1. The third-order valence-electron chi connectivity index (χ3n) is 3.67. The van der Waals surface area contributed by atoms with E-state index in [-0.39, 0.29) is 11.9 Å². The van der Waals surface area contributed by atoms with E-state index in [0.29, 0.717) is 31.6 Å². The summed E-state index contributed by atoms with van der Waals surface area (Å²) >= 11 is 0. The molecule has 0 aliphatic carbocycles. The van der Waals surface area contributed by atoms with E-state index in [2.05, 4.69) is 4.98 Å². The van der Waals surface area contributed by atoms with Crippen LogP contribution in [0.5, 0.6) is 0 Å². The average molecular weight is 297 g/mol. The second-order valence-corrected chi connectivity index (χ2v) is 7.06. The van der Waals surface area contributed by atoms with Crippen molar-refractivity contribution in [3.05, 3.63) is 30.1 Å². The smallest absolute Gasteiger partial charge is 0.272 e. The first-order valence-corrected chi connectivity index (χ1v) is 8.38. The Labute approximate surface area is 119 Å². The van der Waals surface area contributed by atoms with Gasteiger partial charge in [-0.2, -0.15) is 0 Å². The first-order chi connectivity index (χ1) is 9.39. The van der Waals surface area contributed by atoms with Crippen molar-refractivity contribution in [3.8, 4) is 0 Å². The maximum Gasteiger partial charge on any atom is 0.272 e. The molecule has 1 aromatic heterocycles.